The molecule has 0 aliphatic rings. The number of ether oxygens (including phenoxy) is 1. The van der Waals surface area contributed by atoms with E-state index in [1.165, 1.54) is 20.1 Å². The van der Waals surface area contributed by atoms with E-state index in [0.717, 1.165) is 0 Å². The average molecular weight is 234 g/mol. The van der Waals surface area contributed by atoms with Gasteiger partial charge in [-0.3, -0.25) is 0 Å². The van der Waals surface area contributed by atoms with Crippen LogP contribution in [0.2, 0.25) is 0 Å². The molecule has 0 aliphatic carbocycles. The van der Waals surface area contributed by atoms with Crippen LogP contribution in [-0.2, 0) is 0 Å². The highest BCUT2D eigenvalue weighted by molar-refractivity contribution is 6.03. The number of carboxylic acids is 1. The fraction of sp³-hybridized carbons (Fsp3) is 0.167. The molecule has 0 saturated heterocycles. The summed E-state index contributed by atoms with van der Waals surface area (Å²) < 4.78 is 10.0. The Kier molecular flexibility index (Phi) is 2.59. The van der Waals surface area contributed by atoms with Gasteiger partial charge in [0.2, 0.25) is 0 Å². The molecule has 5 heteroatoms. The van der Waals surface area contributed by atoms with E-state index in [-0.39, 0.29) is 16.7 Å². The van der Waals surface area contributed by atoms with Crippen LogP contribution in [0.3, 0.4) is 0 Å². The van der Waals surface area contributed by atoms with E-state index in [4.69, 9.17) is 14.3 Å². The SMILES string of the molecule is COc1ccc2c(C(=O)O)c(C)c(=O)oc2c1. The van der Waals surface area contributed by atoms with Gasteiger partial charge in [-0.1, -0.05) is 0 Å². The molecule has 2 aromatic rings. The average Bonchev–Trinajstić information content (AvgIpc) is 2.29. The molecule has 17 heavy (non-hydrogen) atoms. The Morgan fingerprint density at radius 2 is 2.12 bits per heavy atom. The van der Waals surface area contributed by atoms with Crippen LogP contribution < -0.4 is 10.4 Å². The summed E-state index contributed by atoms with van der Waals surface area (Å²) in [7, 11) is 1.48. The molecule has 0 spiro atoms. The summed E-state index contributed by atoms with van der Waals surface area (Å²) in [6.07, 6.45) is 0. The van der Waals surface area contributed by atoms with E-state index < -0.39 is 11.6 Å². The van der Waals surface area contributed by atoms with Crippen LogP contribution >= 0.6 is 0 Å². The van der Waals surface area contributed by atoms with Gasteiger partial charge in [0.1, 0.15) is 11.3 Å². The Labute approximate surface area is 96.2 Å². The van der Waals surface area contributed by atoms with Crippen molar-refractivity contribution in [3.63, 3.8) is 0 Å². The molecule has 1 aromatic heterocycles. The molecule has 0 radical (unpaired) electrons. The lowest BCUT2D eigenvalue weighted by Crippen LogP contribution is -2.12. The van der Waals surface area contributed by atoms with Crippen molar-refractivity contribution in [2.24, 2.45) is 0 Å². The number of benzene rings is 1. The maximum atomic E-state index is 11.5. The van der Waals surface area contributed by atoms with Crippen molar-refractivity contribution >= 4 is 16.9 Å². The highest BCUT2D eigenvalue weighted by atomic mass is 16.5. The van der Waals surface area contributed by atoms with E-state index in [9.17, 15) is 9.59 Å². The van der Waals surface area contributed by atoms with Gasteiger partial charge in [-0.15, -0.1) is 0 Å². The molecule has 0 bridgehead atoms. The predicted molar refractivity (Wildman–Crippen MR) is 60.7 cm³/mol. The first kappa shape index (κ1) is 11.2. The first-order chi connectivity index (χ1) is 8.04. The van der Waals surface area contributed by atoms with Crippen molar-refractivity contribution in [2.75, 3.05) is 7.11 Å². The van der Waals surface area contributed by atoms with Crippen LogP contribution in [0.25, 0.3) is 11.0 Å². The summed E-state index contributed by atoms with van der Waals surface area (Å²) in [6, 6.07) is 4.67. The fourth-order valence-corrected chi connectivity index (χ4v) is 1.68. The van der Waals surface area contributed by atoms with Crippen molar-refractivity contribution in [2.45, 2.75) is 6.92 Å². The Morgan fingerprint density at radius 3 is 2.71 bits per heavy atom. The topological polar surface area (TPSA) is 76.7 Å². The van der Waals surface area contributed by atoms with Crippen LogP contribution in [0, 0.1) is 6.92 Å². The zero-order chi connectivity index (χ0) is 12.6. The highest BCUT2D eigenvalue weighted by Gasteiger charge is 2.17. The molecular formula is C12H10O5. The molecule has 0 atom stereocenters. The fourth-order valence-electron chi connectivity index (χ4n) is 1.68. The third-order valence-corrected chi connectivity index (χ3v) is 2.56. The van der Waals surface area contributed by atoms with Gasteiger partial charge in [-0.2, -0.15) is 0 Å². The maximum absolute atomic E-state index is 11.5. The minimum absolute atomic E-state index is 0.0288. The van der Waals surface area contributed by atoms with Gasteiger partial charge in [0, 0.05) is 17.0 Å². The molecule has 5 nitrogen and oxygen atoms in total. The van der Waals surface area contributed by atoms with Gasteiger partial charge < -0.3 is 14.3 Å². The Bertz CT molecular complexity index is 654. The number of methoxy groups -OCH3 is 1. The van der Waals surface area contributed by atoms with Gasteiger partial charge >= 0.3 is 11.6 Å². The number of carbonyl (C=O) groups is 1. The Hall–Kier alpha value is -2.30. The largest absolute Gasteiger partial charge is 0.497 e. The second kappa shape index (κ2) is 3.93. The van der Waals surface area contributed by atoms with E-state index in [1.54, 1.807) is 12.1 Å². The standard InChI is InChI=1S/C12H10O5/c1-6-10(11(13)14)8-4-3-7(16-2)5-9(8)17-12(6)15/h3-5H,1-2H3,(H,13,14). The molecule has 1 N–H and O–H groups in total. The van der Waals surface area contributed by atoms with Crippen LogP contribution in [0.1, 0.15) is 15.9 Å². The number of hydrogen-bond donors (Lipinski definition) is 1. The van der Waals surface area contributed by atoms with E-state index in [2.05, 4.69) is 0 Å². The van der Waals surface area contributed by atoms with Gasteiger partial charge in [-0.25, -0.2) is 9.59 Å². The number of aromatic carboxylic acids is 1. The summed E-state index contributed by atoms with van der Waals surface area (Å²) in [4.78, 5) is 22.6. The van der Waals surface area contributed by atoms with Gasteiger partial charge in [0.25, 0.3) is 0 Å². The lowest BCUT2D eigenvalue weighted by Gasteiger charge is -2.06. The molecule has 0 amide bonds. The second-order valence-electron chi connectivity index (χ2n) is 3.56. The highest BCUT2D eigenvalue weighted by Crippen LogP contribution is 2.24. The predicted octanol–water partition coefficient (Wildman–Crippen LogP) is 1.81. The monoisotopic (exact) mass is 234 g/mol. The lowest BCUT2D eigenvalue weighted by molar-refractivity contribution is 0.0697. The minimum Gasteiger partial charge on any atom is -0.497 e. The van der Waals surface area contributed by atoms with Crippen molar-refractivity contribution in [1.29, 1.82) is 0 Å². The second-order valence-corrected chi connectivity index (χ2v) is 3.56. The molecule has 0 saturated carbocycles. The Balaban J connectivity index is 2.91. The summed E-state index contributed by atoms with van der Waals surface area (Å²) in [6.45, 7) is 1.43. The first-order valence-corrected chi connectivity index (χ1v) is 4.89. The molecule has 1 heterocycles. The van der Waals surface area contributed by atoms with Crippen molar-refractivity contribution in [3.8, 4) is 5.75 Å². The van der Waals surface area contributed by atoms with Crippen molar-refractivity contribution < 1.29 is 19.1 Å². The number of hydrogen-bond acceptors (Lipinski definition) is 4. The van der Waals surface area contributed by atoms with Gasteiger partial charge in [-0.05, 0) is 19.1 Å². The quantitative estimate of drug-likeness (QED) is 0.802. The van der Waals surface area contributed by atoms with Crippen LogP contribution in [-0.4, -0.2) is 18.2 Å². The van der Waals surface area contributed by atoms with Crippen molar-refractivity contribution in [1.82, 2.24) is 0 Å². The molecular weight excluding hydrogens is 224 g/mol. The zero-order valence-electron chi connectivity index (χ0n) is 9.31. The maximum Gasteiger partial charge on any atom is 0.340 e. The van der Waals surface area contributed by atoms with Crippen LogP contribution in [0.5, 0.6) is 5.75 Å². The summed E-state index contributed by atoms with van der Waals surface area (Å²) in [5, 5.41) is 9.49. The van der Waals surface area contributed by atoms with Crippen LogP contribution in [0.15, 0.2) is 27.4 Å². The lowest BCUT2D eigenvalue weighted by atomic mass is 10.1. The molecule has 1 aromatic carbocycles. The molecule has 2 rings (SSSR count). The molecule has 0 fully saturated rings. The summed E-state index contributed by atoms with van der Waals surface area (Å²) in [5.41, 5.74) is -0.380. The number of fused-ring (bicyclic) bond motifs is 1. The van der Waals surface area contributed by atoms with Gasteiger partial charge in [0.15, 0.2) is 0 Å². The third-order valence-electron chi connectivity index (χ3n) is 2.56. The van der Waals surface area contributed by atoms with E-state index in [1.807, 2.05) is 0 Å². The third kappa shape index (κ3) is 1.75. The van der Waals surface area contributed by atoms with E-state index in [0.29, 0.717) is 11.1 Å². The number of rotatable bonds is 2. The first-order valence-electron chi connectivity index (χ1n) is 4.89. The van der Waals surface area contributed by atoms with E-state index >= 15 is 0 Å². The van der Waals surface area contributed by atoms with Crippen LogP contribution in [0.4, 0.5) is 0 Å². The minimum atomic E-state index is -1.15. The molecule has 88 valence electrons. The Morgan fingerprint density at radius 1 is 1.41 bits per heavy atom. The summed E-state index contributed by atoms with van der Waals surface area (Å²) in [5.74, 6) is -0.647. The van der Waals surface area contributed by atoms with Crippen molar-refractivity contribution in [3.05, 3.63) is 39.7 Å². The van der Waals surface area contributed by atoms with Gasteiger partial charge in [0.05, 0.1) is 12.7 Å². The number of carboxylic acid groups (broad SMARTS) is 1. The summed E-state index contributed by atoms with van der Waals surface area (Å²) >= 11 is 0. The smallest absolute Gasteiger partial charge is 0.340 e. The normalized spacial score (nSPS) is 10.5. The zero-order valence-corrected chi connectivity index (χ0v) is 9.31. The molecule has 0 unspecified atom stereocenters. The molecule has 0 aliphatic heterocycles.